The molecule has 0 aromatic heterocycles. The van der Waals surface area contributed by atoms with Crippen LogP contribution in [0.2, 0.25) is 0 Å². The van der Waals surface area contributed by atoms with Gasteiger partial charge in [-0.05, 0) is 41.0 Å². The van der Waals surface area contributed by atoms with Crippen molar-refractivity contribution < 1.29 is 14.3 Å². The van der Waals surface area contributed by atoms with E-state index in [1.54, 1.807) is 0 Å². The van der Waals surface area contributed by atoms with Crippen LogP contribution in [0.3, 0.4) is 0 Å². The molecule has 3 aromatic carbocycles. The van der Waals surface area contributed by atoms with Gasteiger partial charge in [0.05, 0.1) is 6.54 Å². The van der Waals surface area contributed by atoms with Gasteiger partial charge in [0, 0.05) is 5.39 Å². The first-order valence-corrected chi connectivity index (χ1v) is 10.5. The summed E-state index contributed by atoms with van der Waals surface area (Å²) in [4.78, 5) is 12.5. The van der Waals surface area contributed by atoms with Crippen LogP contribution >= 0.6 is 0 Å². The molecular weight excluding hydrogens is 374 g/mol. The molecule has 1 N–H and O–H groups in total. The van der Waals surface area contributed by atoms with Crippen molar-refractivity contribution in [2.24, 2.45) is 0 Å². The van der Waals surface area contributed by atoms with E-state index in [1.165, 1.54) is 5.56 Å². The number of ether oxygens (including phenoxy) is 2. The number of carbonyl (C=O) groups is 1. The average molecular weight is 406 g/mol. The van der Waals surface area contributed by atoms with E-state index in [1.807, 2.05) is 49.4 Å². The van der Waals surface area contributed by atoms with Gasteiger partial charge in [-0.1, -0.05) is 76.2 Å². The molecule has 4 nitrogen and oxygen atoms in total. The molecule has 0 saturated heterocycles. The normalized spacial score (nSPS) is 12.4. The predicted octanol–water partition coefficient (Wildman–Crippen LogP) is 5.49. The second-order valence-electron chi connectivity index (χ2n) is 8.41. The first kappa shape index (κ1) is 21.7. The van der Waals surface area contributed by atoms with Crippen LogP contribution in [0, 0.1) is 0 Å². The Labute approximate surface area is 179 Å². The number of hydrogen-bond acceptors (Lipinski definition) is 3. The Morgan fingerprint density at radius 3 is 2.37 bits per heavy atom. The lowest BCUT2D eigenvalue weighted by molar-refractivity contribution is -0.128. The molecule has 158 valence electrons. The minimum Gasteiger partial charge on any atom is -0.491 e. The van der Waals surface area contributed by atoms with Crippen molar-refractivity contribution in [3.8, 4) is 11.5 Å². The summed E-state index contributed by atoms with van der Waals surface area (Å²) in [6.45, 7) is 9.28. The molecule has 0 bridgehead atoms. The van der Waals surface area contributed by atoms with Gasteiger partial charge in [0.25, 0.3) is 5.91 Å². The van der Waals surface area contributed by atoms with E-state index in [9.17, 15) is 4.79 Å². The molecule has 0 radical (unpaired) electrons. The molecule has 3 aromatic rings. The third kappa shape index (κ3) is 5.53. The lowest BCUT2D eigenvalue weighted by Gasteiger charge is -2.21. The number of benzene rings is 3. The summed E-state index contributed by atoms with van der Waals surface area (Å²) in [5, 5.41) is 5.12. The molecule has 30 heavy (non-hydrogen) atoms. The van der Waals surface area contributed by atoms with Gasteiger partial charge in [0.2, 0.25) is 0 Å². The van der Waals surface area contributed by atoms with Gasteiger partial charge in [-0.2, -0.15) is 0 Å². The molecule has 0 saturated carbocycles. The zero-order valence-corrected chi connectivity index (χ0v) is 18.3. The van der Waals surface area contributed by atoms with E-state index in [0.29, 0.717) is 25.3 Å². The smallest absolute Gasteiger partial charge is 0.261 e. The third-order valence-corrected chi connectivity index (χ3v) is 5.07. The predicted molar refractivity (Wildman–Crippen MR) is 122 cm³/mol. The van der Waals surface area contributed by atoms with Gasteiger partial charge < -0.3 is 14.8 Å². The molecule has 0 heterocycles. The van der Waals surface area contributed by atoms with Crippen LogP contribution in [0.4, 0.5) is 0 Å². The van der Waals surface area contributed by atoms with Crippen molar-refractivity contribution in [3.05, 3.63) is 72.3 Å². The first-order valence-electron chi connectivity index (χ1n) is 10.5. The van der Waals surface area contributed by atoms with Crippen molar-refractivity contribution in [1.29, 1.82) is 0 Å². The highest BCUT2D eigenvalue weighted by molar-refractivity contribution is 5.88. The van der Waals surface area contributed by atoms with Gasteiger partial charge in [0.1, 0.15) is 18.1 Å². The van der Waals surface area contributed by atoms with Crippen molar-refractivity contribution >= 4 is 16.7 Å². The number of nitrogens with one attached hydrogen (secondary N) is 1. The van der Waals surface area contributed by atoms with Gasteiger partial charge in [0.15, 0.2) is 6.10 Å². The van der Waals surface area contributed by atoms with Crippen LogP contribution in [-0.4, -0.2) is 25.2 Å². The Bertz CT molecular complexity index is 968. The summed E-state index contributed by atoms with van der Waals surface area (Å²) in [7, 11) is 0. The van der Waals surface area contributed by atoms with Crippen LogP contribution in [0.1, 0.15) is 39.7 Å². The van der Waals surface area contributed by atoms with Gasteiger partial charge in [-0.3, -0.25) is 4.79 Å². The van der Waals surface area contributed by atoms with E-state index >= 15 is 0 Å². The number of amides is 1. The zero-order chi connectivity index (χ0) is 21.6. The molecule has 1 amide bonds. The van der Waals surface area contributed by atoms with E-state index in [-0.39, 0.29) is 11.3 Å². The Balaban J connectivity index is 1.50. The van der Waals surface area contributed by atoms with Gasteiger partial charge in [-0.25, -0.2) is 0 Å². The molecule has 1 unspecified atom stereocenters. The minimum absolute atomic E-state index is 0.0874. The zero-order valence-electron chi connectivity index (χ0n) is 18.3. The second-order valence-corrected chi connectivity index (χ2v) is 8.41. The topological polar surface area (TPSA) is 47.6 Å². The fraction of sp³-hybridized carbons (Fsp3) is 0.346. The van der Waals surface area contributed by atoms with Crippen LogP contribution < -0.4 is 14.8 Å². The summed E-state index contributed by atoms with van der Waals surface area (Å²) >= 11 is 0. The van der Waals surface area contributed by atoms with E-state index in [4.69, 9.17) is 9.47 Å². The maximum absolute atomic E-state index is 12.5. The number of fused-ring (bicyclic) bond motifs is 1. The van der Waals surface area contributed by atoms with Crippen LogP contribution in [-0.2, 0) is 10.2 Å². The summed E-state index contributed by atoms with van der Waals surface area (Å²) in [6, 6.07) is 22.0. The summed E-state index contributed by atoms with van der Waals surface area (Å²) in [5.74, 6) is 1.40. The highest BCUT2D eigenvalue weighted by atomic mass is 16.5. The molecule has 0 aliphatic carbocycles. The third-order valence-electron chi connectivity index (χ3n) is 5.07. The first-order chi connectivity index (χ1) is 14.4. The minimum atomic E-state index is -0.525. The van der Waals surface area contributed by atoms with E-state index in [2.05, 4.69) is 50.4 Å². The molecule has 3 rings (SSSR count). The summed E-state index contributed by atoms with van der Waals surface area (Å²) in [5.41, 5.74) is 1.32. The highest BCUT2D eigenvalue weighted by Crippen LogP contribution is 2.26. The average Bonchev–Trinajstić information content (AvgIpc) is 2.74. The fourth-order valence-corrected chi connectivity index (χ4v) is 3.29. The van der Waals surface area contributed by atoms with Gasteiger partial charge >= 0.3 is 0 Å². The SMILES string of the molecule is CCC(Oc1ccc(C(C)(C)C)cc1)C(=O)NCCOc1cccc2ccccc12. The standard InChI is InChI=1S/C26H31NO3/c1-5-23(30-21-15-13-20(14-16-21)26(2,3)4)25(28)27-17-18-29-24-12-8-10-19-9-6-7-11-22(19)24/h6-16,23H,5,17-18H2,1-4H3,(H,27,28). The largest absolute Gasteiger partial charge is 0.491 e. The molecule has 4 heteroatoms. The van der Waals surface area contributed by atoms with Crippen LogP contribution in [0.25, 0.3) is 10.8 Å². The van der Waals surface area contributed by atoms with E-state index in [0.717, 1.165) is 16.5 Å². The Kier molecular flexibility index (Phi) is 6.99. The molecule has 0 aliphatic rings. The maximum Gasteiger partial charge on any atom is 0.261 e. The highest BCUT2D eigenvalue weighted by Gasteiger charge is 2.19. The molecule has 0 spiro atoms. The van der Waals surface area contributed by atoms with Crippen molar-refractivity contribution in [2.75, 3.05) is 13.2 Å². The Morgan fingerprint density at radius 1 is 0.967 bits per heavy atom. The van der Waals surface area contributed by atoms with E-state index < -0.39 is 6.10 Å². The molecule has 0 fully saturated rings. The summed E-state index contributed by atoms with van der Waals surface area (Å²) < 4.78 is 11.8. The maximum atomic E-state index is 12.5. The van der Waals surface area contributed by atoms with Crippen molar-refractivity contribution in [2.45, 2.75) is 45.6 Å². The number of carbonyl (C=O) groups excluding carboxylic acids is 1. The van der Waals surface area contributed by atoms with Crippen molar-refractivity contribution in [1.82, 2.24) is 5.32 Å². The monoisotopic (exact) mass is 405 g/mol. The van der Waals surface area contributed by atoms with Gasteiger partial charge in [-0.15, -0.1) is 0 Å². The summed E-state index contributed by atoms with van der Waals surface area (Å²) in [6.07, 6.45) is 0.0693. The number of hydrogen-bond donors (Lipinski definition) is 1. The quantitative estimate of drug-likeness (QED) is 0.504. The molecule has 0 aliphatic heterocycles. The Morgan fingerprint density at radius 2 is 1.67 bits per heavy atom. The molecular formula is C26H31NO3. The number of rotatable bonds is 8. The van der Waals surface area contributed by atoms with Crippen LogP contribution in [0.15, 0.2) is 66.7 Å². The fourth-order valence-electron chi connectivity index (χ4n) is 3.29. The lowest BCUT2D eigenvalue weighted by atomic mass is 9.87. The van der Waals surface area contributed by atoms with Crippen LogP contribution in [0.5, 0.6) is 11.5 Å². The second kappa shape index (κ2) is 9.66. The molecule has 1 atom stereocenters. The Hall–Kier alpha value is -3.01. The van der Waals surface area contributed by atoms with Crippen molar-refractivity contribution in [3.63, 3.8) is 0 Å². The lowest BCUT2D eigenvalue weighted by Crippen LogP contribution is -2.39.